The third-order valence-corrected chi connectivity index (χ3v) is 3.51. The van der Waals surface area contributed by atoms with E-state index in [-0.39, 0.29) is 17.3 Å². The van der Waals surface area contributed by atoms with Crippen molar-refractivity contribution in [3.8, 4) is 0 Å². The zero-order valence-corrected chi connectivity index (χ0v) is 11.1. The Morgan fingerprint density at radius 1 is 1.20 bits per heavy atom. The van der Waals surface area contributed by atoms with E-state index < -0.39 is 5.97 Å². The summed E-state index contributed by atoms with van der Waals surface area (Å²) in [5, 5.41) is 8.68. The average Bonchev–Trinajstić information content (AvgIpc) is 1.99. The zero-order valence-electron chi connectivity index (χ0n) is 11.1. The molecule has 0 rings (SSSR count). The summed E-state index contributed by atoms with van der Waals surface area (Å²) in [4.78, 5) is 10.5. The van der Waals surface area contributed by atoms with Crippen molar-refractivity contribution >= 4 is 5.97 Å². The topological polar surface area (TPSA) is 37.3 Å². The lowest BCUT2D eigenvalue weighted by molar-refractivity contribution is -0.137. The van der Waals surface area contributed by atoms with E-state index in [0.717, 1.165) is 12.8 Å². The fourth-order valence-corrected chi connectivity index (χ4v) is 1.97. The molecule has 0 bridgehead atoms. The highest BCUT2D eigenvalue weighted by atomic mass is 16.4. The van der Waals surface area contributed by atoms with Gasteiger partial charge in [-0.3, -0.25) is 4.79 Å². The smallest absolute Gasteiger partial charge is 0.303 e. The van der Waals surface area contributed by atoms with Crippen LogP contribution in [-0.2, 0) is 4.79 Å². The van der Waals surface area contributed by atoms with Gasteiger partial charge in [0.1, 0.15) is 0 Å². The minimum atomic E-state index is -0.689. The summed E-state index contributed by atoms with van der Waals surface area (Å²) in [6.45, 7) is 13.3. The Kier molecular flexibility index (Phi) is 4.82. The molecule has 0 aromatic heterocycles. The Balaban J connectivity index is 4.30. The van der Waals surface area contributed by atoms with E-state index in [1.54, 1.807) is 0 Å². The zero-order chi connectivity index (χ0) is 12.3. The van der Waals surface area contributed by atoms with Gasteiger partial charge < -0.3 is 5.11 Å². The molecule has 0 unspecified atom stereocenters. The van der Waals surface area contributed by atoms with Crippen LogP contribution in [0.25, 0.3) is 0 Å². The molecule has 0 saturated carbocycles. The molecule has 0 spiro atoms. The maximum absolute atomic E-state index is 10.5. The van der Waals surface area contributed by atoms with Crippen LogP contribution < -0.4 is 0 Å². The molecule has 15 heavy (non-hydrogen) atoms. The van der Waals surface area contributed by atoms with Crippen LogP contribution in [0.4, 0.5) is 0 Å². The van der Waals surface area contributed by atoms with E-state index in [1.165, 1.54) is 0 Å². The first-order valence-electron chi connectivity index (χ1n) is 5.79. The van der Waals surface area contributed by atoms with Gasteiger partial charge in [-0.15, -0.1) is 0 Å². The third kappa shape index (κ3) is 5.81. The quantitative estimate of drug-likeness (QED) is 0.727. The molecule has 0 aliphatic rings. The highest BCUT2D eigenvalue weighted by molar-refractivity contribution is 5.66. The minimum Gasteiger partial charge on any atom is -0.481 e. The van der Waals surface area contributed by atoms with Crippen molar-refractivity contribution < 1.29 is 9.90 Å². The summed E-state index contributed by atoms with van der Waals surface area (Å²) >= 11 is 0. The summed E-state index contributed by atoms with van der Waals surface area (Å²) in [6.07, 6.45) is 2.12. The molecule has 0 heterocycles. The summed E-state index contributed by atoms with van der Waals surface area (Å²) in [7, 11) is 0. The molecule has 0 amide bonds. The van der Waals surface area contributed by atoms with Crippen LogP contribution in [0, 0.1) is 16.7 Å². The van der Waals surface area contributed by atoms with E-state index >= 15 is 0 Å². The van der Waals surface area contributed by atoms with Crippen LogP contribution in [0.1, 0.15) is 60.8 Å². The molecule has 0 saturated heterocycles. The molecular weight excluding hydrogens is 188 g/mol. The van der Waals surface area contributed by atoms with Gasteiger partial charge in [0.25, 0.3) is 0 Å². The summed E-state index contributed by atoms with van der Waals surface area (Å²) in [6, 6.07) is 0. The van der Waals surface area contributed by atoms with Crippen molar-refractivity contribution in [2.45, 2.75) is 60.8 Å². The van der Waals surface area contributed by atoms with Gasteiger partial charge in [0.05, 0.1) is 0 Å². The van der Waals surface area contributed by atoms with Crippen LogP contribution in [0.2, 0.25) is 0 Å². The highest BCUT2D eigenvalue weighted by Gasteiger charge is 2.31. The largest absolute Gasteiger partial charge is 0.481 e. The number of carbonyl (C=O) groups is 1. The van der Waals surface area contributed by atoms with Gasteiger partial charge in [0.15, 0.2) is 0 Å². The lowest BCUT2D eigenvalue weighted by Crippen LogP contribution is -2.28. The fourth-order valence-electron chi connectivity index (χ4n) is 1.97. The maximum atomic E-state index is 10.5. The second-order valence-electron chi connectivity index (χ2n) is 6.38. The highest BCUT2D eigenvalue weighted by Crippen LogP contribution is 2.41. The van der Waals surface area contributed by atoms with Gasteiger partial charge >= 0.3 is 5.97 Å². The Hall–Kier alpha value is -0.530. The van der Waals surface area contributed by atoms with Gasteiger partial charge in [-0.1, -0.05) is 41.5 Å². The molecular formula is C13H26O2. The van der Waals surface area contributed by atoms with Crippen molar-refractivity contribution in [2.24, 2.45) is 16.7 Å². The van der Waals surface area contributed by atoms with E-state index in [9.17, 15) is 4.79 Å². The van der Waals surface area contributed by atoms with Crippen molar-refractivity contribution in [3.63, 3.8) is 0 Å². The molecule has 0 aliphatic carbocycles. The van der Waals surface area contributed by atoms with Crippen LogP contribution in [-0.4, -0.2) is 11.1 Å². The van der Waals surface area contributed by atoms with Gasteiger partial charge in [0, 0.05) is 6.42 Å². The number of rotatable bonds is 6. The van der Waals surface area contributed by atoms with E-state index in [2.05, 4.69) is 41.5 Å². The first kappa shape index (κ1) is 14.5. The second kappa shape index (κ2) is 5.00. The Bertz CT molecular complexity index is 215. The number of hydrogen-bond donors (Lipinski definition) is 1. The van der Waals surface area contributed by atoms with Crippen LogP contribution in [0.15, 0.2) is 0 Å². The van der Waals surface area contributed by atoms with Crippen molar-refractivity contribution in [1.82, 2.24) is 0 Å². The molecule has 0 radical (unpaired) electrons. The normalized spacial score (nSPS) is 13.3. The predicted octanol–water partition coefficient (Wildman–Crippen LogP) is 3.95. The van der Waals surface area contributed by atoms with Gasteiger partial charge in [-0.2, -0.15) is 0 Å². The van der Waals surface area contributed by atoms with Crippen molar-refractivity contribution in [1.29, 1.82) is 0 Å². The molecule has 0 aromatic carbocycles. The standard InChI is InChI=1S/C13H26O2/c1-10(2)13(5,6)9-12(3,4)8-7-11(14)15/h10H,7-9H2,1-6H3,(H,14,15). The molecule has 0 fully saturated rings. The number of aliphatic carboxylic acids is 1. The Morgan fingerprint density at radius 3 is 2.00 bits per heavy atom. The lowest BCUT2D eigenvalue weighted by Gasteiger charge is -2.37. The van der Waals surface area contributed by atoms with Gasteiger partial charge in [0.2, 0.25) is 0 Å². The molecule has 0 aromatic rings. The SMILES string of the molecule is CC(C)C(C)(C)CC(C)(C)CCC(=O)O. The van der Waals surface area contributed by atoms with E-state index in [4.69, 9.17) is 5.11 Å². The van der Waals surface area contributed by atoms with Crippen molar-refractivity contribution in [3.05, 3.63) is 0 Å². The summed E-state index contributed by atoms with van der Waals surface area (Å²) < 4.78 is 0. The third-order valence-electron chi connectivity index (χ3n) is 3.51. The predicted molar refractivity (Wildman–Crippen MR) is 63.9 cm³/mol. The van der Waals surface area contributed by atoms with E-state index in [0.29, 0.717) is 5.92 Å². The molecule has 1 N–H and O–H groups in total. The van der Waals surface area contributed by atoms with E-state index in [1.807, 2.05) is 0 Å². The first-order valence-corrected chi connectivity index (χ1v) is 5.79. The van der Waals surface area contributed by atoms with Crippen LogP contribution in [0.3, 0.4) is 0 Å². The van der Waals surface area contributed by atoms with Crippen molar-refractivity contribution in [2.75, 3.05) is 0 Å². The van der Waals surface area contributed by atoms with Gasteiger partial charge in [-0.05, 0) is 29.6 Å². The lowest BCUT2D eigenvalue weighted by atomic mass is 9.68. The fraction of sp³-hybridized carbons (Fsp3) is 0.923. The molecule has 0 aliphatic heterocycles. The molecule has 2 nitrogen and oxygen atoms in total. The van der Waals surface area contributed by atoms with Gasteiger partial charge in [-0.25, -0.2) is 0 Å². The Morgan fingerprint density at radius 2 is 1.67 bits per heavy atom. The first-order chi connectivity index (χ1) is 6.57. The number of hydrogen-bond acceptors (Lipinski definition) is 1. The second-order valence-corrected chi connectivity index (χ2v) is 6.38. The van der Waals surface area contributed by atoms with Crippen LogP contribution in [0.5, 0.6) is 0 Å². The summed E-state index contributed by atoms with van der Waals surface area (Å²) in [5.41, 5.74) is 0.397. The van der Waals surface area contributed by atoms with Crippen LogP contribution >= 0.6 is 0 Å². The monoisotopic (exact) mass is 214 g/mol. The molecule has 0 atom stereocenters. The number of carboxylic acids is 1. The minimum absolute atomic E-state index is 0.117. The maximum Gasteiger partial charge on any atom is 0.303 e. The summed E-state index contributed by atoms with van der Waals surface area (Å²) in [5.74, 6) is -0.0629. The average molecular weight is 214 g/mol. The number of carboxylic acid groups (broad SMARTS) is 1. The molecule has 2 heteroatoms. The Labute approximate surface area is 94.1 Å². The molecule has 90 valence electrons.